The van der Waals surface area contributed by atoms with Gasteiger partial charge in [-0.15, -0.1) is 17.9 Å². The van der Waals surface area contributed by atoms with Gasteiger partial charge in [0, 0.05) is 12.6 Å². The average Bonchev–Trinajstić information content (AvgIpc) is 3.20. The molecule has 130 valence electrons. The fourth-order valence-electron chi connectivity index (χ4n) is 2.17. The summed E-state index contributed by atoms with van der Waals surface area (Å²) in [5.74, 6) is 0.0342. The van der Waals surface area contributed by atoms with Crippen molar-refractivity contribution in [1.29, 1.82) is 0 Å². The van der Waals surface area contributed by atoms with Crippen LogP contribution in [0.15, 0.2) is 44.6 Å². The van der Waals surface area contributed by atoms with Gasteiger partial charge in [0.05, 0.1) is 16.3 Å². The molecule has 25 heavy (non-hydrogen) atoms. The summed E-state index contributed by atoms with van der Waals surface area (Å²) in [7, 11) is 0. The van der Waals surface area contributed by atoms with Gasteiger partial charge >= 0.3 is 0 Å². The third-order valence-electron chi connectivity index (χ3n) is 3.39. The molecule has 0 aromatic carbocycles. The van der Waals surface area contributed by atoms with E-state index in [-0.39, 0.29) is 11.5 Å². The summed E-state index contributed by atoms with van der Waals surface area (Å²) in [5.41, 5.74) is 0.548. The van der Waals surface area contributed by atoms with E-state index in [0.717, 1.165) is 0 Å². The van der Waals surface area contributed by atoms with Crippen molar-refractivity contribution in [3.05, 3.63) is 46.2 Å². The van der Waals surface area contributed by atoms with E-state index in [1.54, 1.807) is 32.1 Å². The number of fused-ring (bicyclic) bond motifs is 1. The Balaban J connectivity index is 1.85. The second kappa shape index (κ2) is 7.24. The van der Waals surface area contributed by atoms with Crippen LogP contribution < -0.4 is 10.9 Å². The van der Waals surface area contributed by atoms with Crippen LogP contribution in [0.4, 0.5) is 5.88 Å². The molecule has 0 aliphatic heterocycles. The van der Waals surface area contributed by atoms with E-state index in [9.17, 15) is 9.59 Å². The number of thiophene rings is 1. The largest absolute Gasteiger partial charge is 0.338 e. The molecule has 9 heteroatoms. The molecule has 0 bridgehead atoms. The van der Waals surface area contributed by atoms with E-state index >= 15 is 0 Å². The Morgan fingerprint density at radius 3 is 3.08 bits per heavy atom. The maximum absolute atomic E-state index is 12.6. The van der Waals surface area contributed by atoms with Crippen LogP contribution in [0.5, 0.6) is 0 Å². The lowest BCUT2D eigenvalue weighted by Crippen LogP contribution is -2.26. The molecule has 0 aliphatic rings. The number of nitrogens with zero attached hydrogens (tertiary/aromatic N) is 3. The average molecular weight is 376 g/mol. The molecule has 3 rings (SSSR count). The Kier molecular flexibility index (Phi) is 5.05. The third-order valence-corrected chi connectivity index (χ3v) is 5.28. The molecule has 1 atom stereocenters. The summed E-state index contributed by atoms with van der Waals surface area (Å²) in [4.78, 5) is 30.1. The van der Waals surface area contributed by atoms with Crippen molar-refractivity contribution in [3.63, 3.8) is 0 Å². The second-order valence-corrected chi connectivity index (χ2v) is 7.52. The van der Waals surface area contributed by atoms with Crippen LogP contribution in [0.2, 0.25) is 0 Å². The summed E-state index contributed by atoms with van der Waals surface area (Å²) in [6.07, 6.45) is 1.63. The standard InChI is InChI=1S/C16H16N4O3S2/c1-4-6-20-15(22)11-5-7-24-14(11)18-16(20)25-10(3)13(21)17-12-8-9(2)19-23-12/h4-5,7-8,10H,1,6H2,2-3H3,(H,17,21). The zero-order chi connectivity index (χ0) is 18.0. The van der Waals surface area contributed by atoms with Crippen LogP contribution in [0, 0.1) is 6.92 Å². The number of allylic oxidation sites excluding steroid dienone is 1. The van der Waals surface area contributed by atoms with Crippen molar-refractivity contribution in [3.8, 4) is 0 Å². The maximum Gasteiger partial charge on any atom is 0.263 e. The van der Waals surface area contributed by atoms with Gasteiger partial charge in [-0.1, -0.05) is 23.0 Å². The van der Waals surface area contributed by atoms with E-state index in [2.05, 4.69) is 22.0 Å². The van der Waals surface area contributed by atoms with Crippen molar-refractivity contribution >= 4 is 45.1 Å². The SMILES string of the molecule is C=CCn1c(SC(C)C(=O)Nc2cc(C)no2)nc2sccc2c1=O. The van der Waals surface area contributed by atoms with Crippen molar-refractivity contribution in [1.82, 2.24) is 14.7 Å². The minimum atomic E-state index is -0.481. The van der Waals surface area contributed by atoms with Crippen LogP contribution >= 0.6 is 23.1 Å². The highest BCUT2D eigenvalue weighted by atomic mass is 32.2. The molecular formula is C16H16N4O3S2. The first kappa shape index (κ1) is 17.4. The number of aromatic nitrogens is 3. The number of carbonyl (C=O) groups is 1. The van der Waals surface area contributed by atoms with Crippen molar-refractivity contribution in [2.24, 2.45) is 0 Å². The quantitative estimate of drug-likeness (QED) is 0.404. The first-order valence-electron chi connectivity index (χ1n) is 7.49. The van der Waals surface area contributed by atoms with Gasteiger partial charge in [0.1, 0.15) is 4.83 Å². The van der Waals surface area contributed by atoms with Crippen LogP contribution in [0.1, 0.15) is 12.6 Å². The maximum atomic E-state index is 12.6. The molecule has 1 amide bonds. The van der Waals surface area contributed by atoms with E-state index in [1.807, 2.05) is 5.38 Å². The molecule has 3 aromatic rings. The highest BCUT2D eigenvalue weighted by Crippen LogP contribution is 2.25. The first-order chi connectivity index (χ1) is 12.0. The van der Waals surface area contributed by atoms with E-state index < -0.39 is 5.25 Å². The second-order valence-electron chi connectivity index (χ2n) is 5.32. The molecule has 0 spiro atoms. The lowest BCUT2D eigenvalue weighted by Gasteiger charge is -2.13. The van der Waals surface area contributed by atoms with Crippen molar-refractivity contribution in [2.75, 3.05) is 5.32 Å². The normalized spacial score (nSPS) is 12.2. The minimum Gasteiger partial charge on any atom is -0.338 e. The van der Waals surface area contributed by atoms with Crippen LogP contribution in [0.25, 0.3) is 10.2 Å². The Bertz CT molecular complexity index is 989. The molecular weight excluding hydrogens is 360 g/mol. The minimum absolute atomic E-state index is 0.132. The first-order valence-corrected chi connectivity index (χ1v) is 9.25. The molecule has 1 N–H and O–H groups in total. The number of hydrogen-bond acceptors (Lipinski definition) is 7. The summed E-state index contributed by atoms with van der Waals surface area (Å²) >= 11 is 2.61. The smallest absolute Gasteiger partial charge is 0.263 e. The third kappa shape index (κ3) is 3.67. The predicted octanol–water partition coefficient (Wildman–Crippen LogP) is 3.06. The number of carbonyl (C=O) groups excluding carboxylic acids is 1. The van der Waals surface area contributed by atoms with E-state index in [4.69, 9.17) is 4.52 Å². The van der Waals surface area contributed by atoms with Gasteiger partial charge in [0.15, 0.2) is 5.16 Å². The summed E-state index contributed by atoms with van der Waals surface area (Å²) in [6, 6.07) is 3.39. The summed E-state index contributed by atoms with van der Waals surface area (Å²) in [6.45, 7) is 7.53. The number of aryl methyl sites for hydroxylation is 1. The molecule has 0 fully saturated rings. The molecule has 3 heterocycles. The Morgan fingerprint density at radius 1 is 1.60 bits per heavy atom. The van der Waals surface area contributed by atoms with Gasteiger partial charge < -0.3 is 4.52 Å². The summed E-state index contributed by atoms with van der Waals surface area (Å²) in [5, 5.41) is 8.79. The Hall–Kier alpha value is -2.39. The number of amides is 1. The molecule has 7 nitrogen and oxygen atoms in total. The Labute approximate surface area is 151 Å². The highest BCUT2D eigenvalue weighted by Gasteiger charge is 2.20. The molecule has 3 aromatic heterocycles. The number of hydrogen-bond donors (Lipinski definition) is 1. The summed E-state index contributed by atoms with van der Waals surface area (Å²) < 4.78 is 6.51. The van der Waals surface area contributed by atoms with E-state index in [1.165, 1.54) is 27.7 Å². The lowest BCUT2D eigenvalue weighted by molar-refractivity contribution is -0.115. The fourth-order valence-corrected chi connectivity index (χ4v) is 3.89. The number of anilines is 1. The van der Waals surface area contributed by atoms with Crippen LogP contribution in [-0.2, 0) is 11.3 Å². The van der Waals surface area contributed by atoms with Gasteiger partial charge in [-0.05, 0) is 25.3 Å². The number of nitrogens with one attached hydrogen (secondary N) is 1. The number of rotatable bonds is 6. The van der Waals surface area contributed by atoms with Crippen LogP contribution in [0.3, 0.4) is 0 Å². The molecule has 0 saturated carbocycles. The monoisotopic (exact) mass is 376 g/mol. The van der Waals surface area contributed by atoms with E-state index in [0.29, 0.717) is 33.5 Å². The number of thioether (sulfide) groups is 1. The highest BCUT2D eigenvalue weighted by molar-refractivity contribution is 8.00. The predicted molar refractivity (Wildman–Crippen MR) is 99.3 cm³/mol. The molecule has 0 aliphatic carbocycles. The fraction of sp³-hybridized carbons (Fsp3) is 0.250. The van der Waals surface area contributed by atoms with Gasteiger partial charge in [0.2, 0.25) is 11.8 Å². The van der Waals surface area contributed by atoms with Gasteiger partial charge in [0.25, 0.3) is 5.56 Å². The van der Waals surface area contributed by atoms with Crippen molar-refractivity contribution < 1.29 is 9.32 Å². The van der Waals surface area contributed by atoms with Crippen molar-refractivity contribution in [2.45, 2.75) is 30.8 Å². The van der Waals surface area contributed by atoms with Gasteiger partial charge in [-0.3, -0.25) is 19.5 Å². The van der Waals surface area contributed by atoms with Gasteiger partial charge in [-0.2, -0.15) is 0 Å². The topological polar surface area (TPSA) is 90.0 Å². The lowest BCUT2D eigenvalue weighted by atomic mass is 10.4. The van der Waals surface area contributed by atoms with Gasteiger partial charge in [-0.25, -0.2) is 4.98 Å². The molecule has 0 saturated heterocycles. The zero-order valence-electron chi connectivity index (χ0n) is 13.7. The molecule has 1 unspecified atom stereocenters. The Morgan fingerprint density at radius 2 is 2.40 bits per heavy atom. The van der Waals surface area contributed by atoms with Crippen LogP contribution in [-0.4, -0.2) is 25.9 Å². The molecule has 0 radical (unpaired) electrons. The zero-order valence-corrected chi connectivity index (χ0v) is 15.3.